The van der Waals surface area contributed by atoms with Gasteiger partial charge in [-0.3, -0.25) is 0 Å². The molecule has 43 heavy (non-hydrogen) atoms. The lowest BCUT2D eigenvalue weighted by molar-refractivity contribution is 1.18. The average molecular weight is 568 g/mol. The summed E-state index contributed by atoms with van der Waals surface area (Å²) in [7, 11) is 0. The largest absolute Gasteiger partial charge is 0.308 e. The van der Waals surface area contributed by atoms with Crippen molar-refractivity contribution in [2.24, 2.45) is 0 Å². The molecule has 1 aliphatic rings. The quantitative estimate of drug-likeness (QED) is 0.212. The third kappa shape index (κ3) is 4.39. The standard InChI is InChI=1S/C39H25N3S/c40-25-26-8-7-13-28(15-14-26)29-16-19-32(20-17-29)42-36-23-18-31(27-9-3-1-4-10-27)24-34(36)33-21-22-35-38(37(33)42)43-39(41-35)30-11-5-2-6-12-30/h1-12,14-24H,13H2. The van der Waals surface area contributed by atoms with Gasteiger partial charge in [-0.2, -0.15) is 5.26 Å². The molecule has 0 fully saturated rings. The van der Waals surface area contributed by atoms with E-state index in [1.165, 1.54) is 43.2 Å². The third-order valence-corrected chi connectivity index (χ3v) is 9.26. The molecular weight excluding hydrogens is 543 g/mol. The molecule has 0 N–H and O–H groups in total. The van der Waals surface area contributed by atoms with Crippen LogP contribution in [0.15, 0.2) is 145 Å². The molecule has 0 spiro atoms. The van der Waals surface area contributed by atoms with Crippen molar-refractivity contribution in [3.8, 4) is 33.5 Å². The molecule has 1 aliphatic carbocycles. The first-order valence-corrected chi connectivity index (χ1v) is 15.2. The van der Waals surface area contributed by atoms with E-state index in [2.05, 4.69) is 132 Å². The number of rotatable bonds is 4. The minimum absolute atomic E-state index is 0.676. The molecule has 3 nitrogen and oxygen atoms in total. The minimum atomic E-state index is 0.676. The second-order valence-corrected chi connectivity index (χ2v) is 11.7. The van der Waals surface area contributed by atoms with E-state index in [9.17, 15) is 5.26 Å². The molecule has 0 saturated heterocycles. The Hall–Kier alpha value is -5.50. The minimum Gasteiger partial charge on any atom is -0.308 e. The van der Waals surface area contributed by atoms with Crippen molar-refractivity contribution < 1.29 is 0 Å². The number of nitrogens with zero attached hydrogens (tertiary/aromatic N) is 3. The number of nitriles is 1. The van der Waals surface area contributed by atoms with Crippen LogP contribution in [-0.4, -0.2) is 9.55 Å². The fraction of sp³-hybridized carbons (Fsp3) is 0.0256. The van der Waals surface area contributed by atoms with Crippen LogP contribution in [0.1, 0.15) is 12.0 Å². The van der Waals surface area contributed by atoms with Crippen LogP contribution in [0.2, 0.25) is 0 Å². The van der Waals surface area contributed by atoms with Crippen molar-refractivity contribution in [3.63, 3.8) is 0 Å². The van der Waals surface area contributed by atoms with Crippen molar-refractivity contribution in [3.05, 3.63) is 151 Å². The lowest BCUT2D eigenvalue weighted by atomic mass is 10.0. The van der Waals surface area contributed by atoms with E-state index in [0.717, 1.165) is 33.8 Å². The third-order valence-electron chi connectivity index (χ3n) is 8.14. The molecule has 7 aromatic rings. The smallest absolute Gasteiger partial charge is 0.124 e. The van der Waals surface area contributed by atoms with Crippen LogP contribution < -0.4 is 0 Å². The summed E-state index contributed by atoms with van der Waals surface area (Å²) >= 11 is 1.75. The summed E-state index contributed by atoms with van der Waals surface area (Å²) < 4.78 is 3.58. The zero-order chi connectivity index (χ0) is 28.8. The van der Waals surface area contributed by atoms with Crippen molar-refractivity contribution in [2.45, 2.75) is 6.42 Å². The van der Waals surface area contributed by atoms with Gasteiger partial charge < -0.3 is 4.57 Å². The lowest BCUT2D eigenvalue weighted by Crippen LogP contribution is -1.95. The van der Waals surface area contributed by atoms with E-state index in [4.69, 9.17) is 4.98 Å². The van der Waals surface area contributed by atoms with Crippen LogP contribution in [0.5, 0.6) is 0 Å². The molecule has 0 amide bonds. The van der Waals surface area contributed by atoms with Crippen molar-refractivity contribution in [2.75, 3.05) is 0 Å². The molecule has 2 heterocycles. The first-order valence-electron chi connectivity index (χ1n) is 14.3. The van der Waals surface area contributed by atoms with Crippen LogP contribution in [0, 0.1) is 11.3 Å². The van der Waals surface area contributed by atoms with Crippen LogP contribution in [-0.2, 0) is 0 Å². The Kier molecular flexibility index (Phi) is 6.10. The molecule has 2 aromatic heterocycles. The van der Waals surface area contributed by atoms with E-state index in [-0.39, 0.29) is 0 Å². The second-order valence-electron chi connectivity index (χ2n) is 10.7. The van der Waals surface area contributed by atoms with E-state index in [1.54, 1.807) is 11.3 Å². The molecule has 0 aliphatic heterocycles. The maximum Gasteiger partial charge on any atom is 0.124 e. The summed E-state index contributed by atoms with van der Waals surface area (Å²) in [5, 5.41) is 12.8. The van der Waals surface area contributed by atoms with E-state index < -0.39 is 0 Å². The number of allylic oxidation sites excluding steroid dienone is 6. The molecule has 0 unspecified atom stereocenters. The fourth-order valence-electron chi connectivity index (χ4n) is 6.01. The lowest BCUT2D eigenvalue weighted by Gasteiger charge is -2.11. The Bertz CT molecular complexity index is 2260. The Balaban J connectivity index is 1.35. The Morgan fingerprint density at radius 2 is 1.44 bits per heavy atom. The van der Waals surface area contributed by atoms with Gasteiger partial charge in [-0.05, 0) is 77.2 Å². The van der Waals surface area contributed by atoms with Gasteiger partial charge in [-0.25, -0.2) is 4.98 Å². The fourth-order valence-corrected chi connectivity index (χ4v) is 7.11. The highest BCUT2D eigenvalue weighted by atomic mass is 32.1. The predicted octanol–water partition coefficient (Wildman–Crippen LogP) is 10.5. The Morgan fingerprint density at radius 1 is 0.698 bits per heavy atom. The maximum atomic E-state index is 9.31. The van der Waals surface area contributed by atoms with Crippen molar-refractivity contribution >= 4 is 48.9 Å². The predicted molar refractivity (Wildman–Crippen MR) is 180 cm³/mol. The summed E-state index contributed by atoms with van der Waals surface area (Å²) in [5.74, 6) is 0. The van der Waals surface area contributed by atoms with E-state index in [0.29, 0.717) is 5.57 Å². The normalized spacial score (nSPS) is 13.2. The summed E-state index contributed by atoms with van der Waals surface area (Å²) in [6, 6.07) is 43.2. The van der Waals surface area contributed by atoms with Crippen LogP contribution in [0.25, 0.3) is 65.0 Å². The topological polar surface area (TPSA) is 41.6 Å². The molecule has 0 bridgehead atoms. The summed E-state index contributed by atoms with van der Waals surface area (Å²) in [4.78, 5) is 5.06. The first kappa shape index (κ1) is 25.2. The molecule has 8 rings (SSSR count). The van der Waals surface area contributed by atoms with Gasteiger partial charge in [0.05, 0.1) is 32.9 Å². The van der Waals surface area contributed by atoms with Gasteiger partial charge in [0.2, 0.25) is 0 Å². The number of hydrogen-bond donors (Lipinski definition) is 0. The second kappa shape index (κ2) is 10.4. The molecule has 0 saturated carbocycles. The van der Waals surface area contributed by atoms with Gasteiger partial charge in [0.1, 0.15) is 5.01 Å². The van der Waals surface area contributed by atoms with Gasteiger partial charge in [-0.1, -0.05) is 91.0 Å². The maximum absolute atomic E-state index is 9.31. The zero-order valence-electron chi connectivity index (χ0n) is 23.2. The SMILES string of the molecule is N#CC1=CC=C(c2ccc(-n3c4ccc(-c5ccccc5)cc4c4ccc5nc(-c6ccccc6)sc5c43)cc2)CC=C1. The van der Waals surface area contributed by atoms with E-state index >= 15 is 0 Å². The molecule has 0 atom stereocenters. The summed E-state index contributed by atoms with van der Waals surface area (Å²) in [6.45, 7) is 0. The Morgan fingerprint density at radius 3 is 2.21 bits per heavy atom. The van der Waals surface area contributed by atoms with Gasteiger partial charge in [0.15, 0.2) is 0 Å². The number of thiazole rings is 1. The number of hydrogen-bond acceptors (Lipinski definition) is 3. The van der Waals surface area contributed by atoms with Crippen molar-refractivity contribution in [1.29, 1.82) is 5.26 Å². The molecule has 4 heteroatoms. The number of fused-ring (bicyclic) bond motifs is 5. The van der Waals surface area contributed by atoms with Crippen LogP contribution >= 0.6 is 11.3 Å². The van der Waals surface area contributed by atoms with Crippen molar-refractivity contribution in [1.82, 2.24) is 9.55 Å². The highest BCUT2D eigenvalue weighted by molar-refractivity contribution is 7.22. The zero-order valence-corrected chi connectivity index (χ0v) is 24.1. The number of aromatic nitrogens is 2. The summed E-state index contributed by atoms with van der Waals surface area (Å²) in [6.07, 6.45) is 8.70. The molecule has 5 aromatic carbocycles. The average Bonchev–Trinajstić information content (AvgIpc) is 3.56. The Labute approximate surface area is 253 Å². The van der Waals surface area contributed by atoms with Crippen LogP contribution in [0.3, 0.4) is 0 Å². The first-order chi connectivity index (χ1) is 21.3. The van der Waals surface area contributed by atoms with Crippen LogP contribution in [0.4, 0.5) is 0 Å². The van der Waals surface area contributed by atoms with E-state index in [1.807, 2.05) is 18.2 Å². The molecular formula is C39H25N3S. The highest BCUT2D eigenvalue weighted by Crippen LogP contribution is 2.42. The monoisotopic (exact) mass is 567 g/mol. The summed E-state index contributed by atoms with van der Waals surface area (Å²) in [5.41, 5.74) is 11.0. The number of benzene rings is 5. The van der Waals surface area contributed by atoms with Gasteiger partial charge in [-0.15, -0.1) is 11.3 Å². The molecule has 202 valence electrons. The molecule has 0 radical (unpaired) electrons. The van der Waals surface area contributed by atoms with Gasteiger partial charge in [0, 0.05) is 22.0 Å². The highest BCUT2D eigenvalue weighted by Gasteiger charge is 2.19. The van der Waals surface area contributed by atoms with Gasteiger partial charge in [0.25, 0.3) is 0 Å². The van der Waals surface area contributed by atoms with Gasteiger partial charge >= 0.3 is 0 Å².